The van der Waals surface area contributed by atoms with Crippen LogP contribution in [0, 0.1) is 11.8 Å². The molecule has 1 nitrogen and oxygen atoms in total. The van der Waals surface area contributed by atoms with Gasteiger partial charge in [-0.05, 0) is 66.6 Å². The predicted octanol–water partition coefficient (Wildman–Crippen LogP) is 8.37. The molecule has 0 heterocycles. The Morgan fingerprint density at radius 3 is 1.77 bits per heavy atom. The highest BCUT2D eigenvalue weighted by atomic mass is 19.4. The van der Waals surface area contributed by atoms with E-state index in [2.05, 4.69) is 11.7 Å². The first-order chi connectivity index (χ1) is 14.7. The summed E-state index contributed by atoms with van der Waals surface area (Å²) in [7, 11) is 0. The molecule has 0 unspecified atom stereocenters. The summed E-state index contributed by atoms with van der Waals surface area (Å²) in [6, 6.07) is 9.29. The van der Waals surface area contributed by atoms with E-state index in [-0.39, 0.29) is 11.3 Å². The molecule has 0 aromatic heterocycles. The van der Waals surface area contributed by atoms with E-state index in [1.807, 2.05) is 0 Å². The van der Waals surface area contributed by atoms with Crippen molar-refractivity contribution in [2.24, 2.45) is 11.8 Å². The van der Waals surface area contributed by atoms with Crippen molar-refractivity contribution in [1.82, 2.24) is 0 Å². The van der Waals surface area contributed by atoms with Gasteiger partial charge in [0.15, 0.2) is 0 Å². The van der Waals surface area contributed by atoms with Crippen LogP contribution in [0.2, 0.25) is 0 Å². The van der Waals surface area contributed by atoms with E-state index >= 15 is 0 Å². The molecule has 31 heavy (non-hydrogen) atoms. The largest absolute Gasteiger partial charge is 0.429 e. The van der Waals surface area contributed by atoms with Crippen LogP contribution in [-0.2, 0) is 18.7 Å². The van der Waals surface area contributed by atoms with Crippen LogP contribution in [-0.4, -0.2) is 0 Å². The molecule has 6 heteroatoms. The first kappa shape index (κ1) is 23.6. The smallest absolute Gasteiger partial charge is 0.426 e. The Morgan fingerprint density at radius 2 is 1.26 bits per heavy atom. The summed E-state index contributed by atoms with van der Waals surface area (Å²) in [6.07, 6.45) is 1.43. The maximum absolute atomic E-state index is 14.4. The molecule has 0 aliphatic heterocycles. The van der Waals surface area contributed by atoms with Gasteiger partial charge in [0.05, 0.1) is 11.1 Å². The Labute approximate surface area is 180 Å². The quantitative estimate of drug-likeness (QED) is 0.375. The van der Waals surface area contributed by atoms with E-state index in [4.69, 9.17) is 0 Å². The highest BCUT2D eigenvalue weighted by Crippen LogP contribution is 2.36. The van der Waals surface area contributed by atoms with Gasteiger partial charge < -0.3 is 4.74 Å². The molecule has 0 N–H and O–H groups in total. The number of hydrogen-bond acceptors (Lipinski definition) is 1. The molecule has 1 fully saturated rings. The number of aryl methyl sites for hydroxylation is 1. The van der Waals surface area contributed by atoms with Crippen molar-refractivity contribution in [3.05, 3.63) is 65.2 Å². The first-order valence-corrected chi connectivity index (χ1v) is 11.0. The fourth-order valence-corrected chi connectivity index (χ4v) is 4.37. The number of alkyl halides is 5. The van der Waals surface area contributed by atoms with E-state index in [9.17, 15) is 22.0 Å². The summed E-state index contributed by atoms with van der Waals surface area (Å²) in [5, 5.41) is 0. The van der Waals surface area contributed by atoms with Crippen molar-refractivity contribution in [1.29, 1.82) is 0 Å². The number of rotatable bonds is 8. The number of benzene rings is 2. The Balaban J connectivity index is 1.52. The fourth-order valence-electron chi connectivity index (χ4n) is 4.37. The van der Waals surface area contributed by atoms with Crippen LogP contribution >= 0.6 is 0 Å². The van der Waals surface area contributed by atoms with Crippen molar-refractivity contribution < 1.29 is 26.7 Å². The van der Waals surface area contributed by atoms with E-state index in [1.165, 1.54) is 50.7 Å². The summed E-state index contributed by atoms with van der Waals surface area (Å²) in [4.78, 5) is 0. The first-order valence-electron chi connectivity index (χ1n) is 11.0. The lowest BCUT2D eigenvalue weighted by Gasteiger charge is -2.28. The van der Waals surface area contributed by atoms with Crippen LogP contribution in [0.25, 0.3) is 0 Å². The van der Waals surface area contributed by atoms with Crippen molar-refractivity contribution in [3.8, 4) is 5.75 Å². The normalized spacial score (nSPS) is 19.9. The lowest BCUT2D eigenvalue weighted by Crippen LogP contribution is -2.22. The van der Waals surface area contributed by atoms with Crippen molar-refractivity contribution in [2.45, 2.75) is 70.6 Å². The van der Waals surface area contributed by atoms with Crippen LogP contribution < -0.4 is 4.74 Å². The van der Waals surface area contributed by atoms with Crippen LogP contribution in [0.1, 0.15) is 68.6 Å². The Kier molecular flexibility index (Phi) is 7.60. The summed E-state index contributed by atoms with van der Waals surface area (Å²) in [6.45, 7) is 2.23. The van der Waals surface area contributed by atoms with Crippen molar-refractivity contribution in [2.75, 3.05) is 0 Å². The number of hydrogen-bond donors (Lipinski definition) is 0. The fraction of sp³-hybridized carbons (Fsp3) is 0.520. The van der Waals surface area contributed by atoms with Crippen LogP contribution in [0.5, 0.6) is 5.75 Å². The molecule has 1 aliphatic carbocycles. The lowest BCUT2D eigenvalue weighted by atomic mass is 9.78. The maximum Gasteiger partial charge on any atom is 0.426 e. The highest BCUT2D eigenvalue weighted by molar-refractivity contribution is 5.31. The van der Waals surface area contributed by atoms with Crippen LogP contribution in [0.15, 0.2) is 48.5 Å². The topological polar surface area (TPSA) is 9.23 Å². The Morgan fingerprint density at radius 1 is 0.742 bits per heavy atom. The zero-order valence-corrected chi connectivity index (χ0v) is 17.7. The Bertz CT molecular complexity index is 803. The molecule has 0 spiro atoms. The minimum absolute atomic E-state index is 0.319. The third kappa shape index (κ3) is 6.68. The molecule has 170 valence electrons. The zero-order valence-electron chi connectivity index (χ0n) is 17.7. The number of ether oxygens (including phenoxy) is 1. The third-order valence-electron chi connectivity index (χ3n) is 6.22. The van der Waals surface area contributed by atoms with Gasteiger partial charge in [-0.15, -0.1) is 0 Å². The minimum Gasteiger partial charge on any atom is -0.429 e. The Hall–Kier alpha value is -2.11. The average molecular weight is 440 g/mol. The van der Waals surface area contributed by atoms with Gasteiger partial charge in [0, 0.05) is 0 Å². The summed E-state index contributed by atoms with van der Waals surface area (Å²) in [5.74, 6) is 1.26. The van der Waals surface area contributed by atoms with E-state index in [0.717, 1.165) is 48.6 Å². The molecular weight excluding hydrogens is 411 g/mol. The average Bonchev–Trinajstić information content (AvgIpc) is 2.73. The van der Waals surface area contributed by atoms with Gasteiger partial charge in [0.25, 0.3) is 0 Å². The lowest BCUT2D eigenvalue weighted by molar-refractivity contribution is -0.185. The van der Waals surface area contributed by atoms with Crippen molar-refractivity contribution >= 4 is 0 Å². The van der Waals surface area contributed by atoms with Gasteiger partial charge in [0.1, 0.15) is 5.75 Å². The molecular formula is C25H29F5O. The predicted molar refractivity (Wildman–Crippen MR) is 111 cm³/mol. The van der Waals surface area contributed by atoms with Gasteiger partial charge in [-0.2, -0.15) is 22.0 Å². The molecule has 0 amide bonds. The van der Waals surface area contributed by atoms with Crippen molar-refractivity contribution in [3.63, 3.8) is 0 Å². The standard InChI is InChI=1S/C25H29F5O/c1-2-3-18-4-6-19(7-5-18)8-9-20-10-12-22(13-11-20)25(29,30)31-23-16-14-21(15-17-23)24(26,27)28/h10-19H,2-9H2,1H3. The second kappa shape index (κ2) is 10.0. The highest BCUT2D eigenvalue weighted by Gasteiger charge is 2.35. The van der Waals surface area contributed by atoms with Crippen LogP contribution in [0.3, 0.4) is 0 Å². The van der Waals surface area contributed by atoms with Gasteiger partial charge >= 0.3 is 12.3 Å². The van der Waals surface area contributed by atoms with Gasteiger partial charge in [-0.3, -0.25) is 0 Å². The zero-order chi connectivity index (χ0) is 22.5. The second-order valence-electron chi connectivity index (χ2n) is 8.55. The summed E-state index contributed by atoms with van der Waals surface area (Å²) < 4.78 is 71.4. The molecule has 0 bridgehead atoms. The third-order valence-corrected chi connectivity index (χ3v) is 6.22. The second-order valence-corrected chi connectivity index (χ2v) is 8.55. The summed E-state index contributed by atoms with van der Waals surface area (Å²) >= 11 is 0. The molecule has 0 atom stereocenters. The van der Waals surface area contributed by atoms with E-state index in [0.29, 0.717) is 5.92 Å². The van der Waals surface area contributed by atoms with Gasteiger partial charge in [-0.1, -0.05) is 57.6 Å². The van der Waals surface area contributed by atoms with Gasteiger partial charge in [-0.25, -0.2) is 0 Å². The molecule has 1 saturated carbocycles. The van der Waals surface area contributed by atoms with Gasteiger partial charge in [0.2, 0.25) is 0 Å². The molecule has 1 aliphatic rings. The molecule has 2 aromatic carbocycles. The molecule has 2 aromatic rings. The number of halogens is 5. The molecule has 0 saturated heterocycles. The molecule has 3 rings (SSSR count). The SMILES string of the molecule is CCCC1CCC(CCc2ccc(C(F)(F)Oc3ccc(C(F)(F)F)cc3)cc2)CC1. The van der Waals surface area contributed by atoms with E-state index < -0.39 is 17.8 Å². The minimum atomic E-state index is -4.52. The summed E-state index contributed by atoms with van der Waals surface area (Å²) in [5.41, 5.74) is -0.229. The van der Waals surface area contributed by atoms with Crippen LogP contribution in [0.4, 0.5) is 22.0 Å². The maximum atomic E-state index is 14.4. The monoisotopic (exact) mass is 440 g/mol. The van der Waals surface area contributed by atoms with E-state index in [1.54, 1.807) is 12.1 Å². The molecule has 0 radical (unpaired) electrons.